The van der Waals surface area contributed by atoms with Gasteiger partial charge in [-0.2, -0.15) is 0 Å². The fourth-order valence-corrected chi connectivity index (χ4v) is 4.76. The molecule has 0 saturated heterocycles. The summed E-state index contributed by atoms with van der Waals surface area (Å²) in [6, 6.07) is 13.6. The molecule has 0 aliphatic heterocycles. The first-order valence-corrected chi connectivity index (χ1v) is 15.7. The number of carbonyl (C=O) groups is 5. The first-order chi connectivity index (χ1) is 20.0. The minimum Gasteiger partial charge on any atom is -0.481 e. The van der Waals surface area contributed by atoms with E-state index in [0.717, 1.165) is 13.1 Å². The molecule has 0 fully saturated rings. The summed E-state index contributed by atoms with van der Waals surface area (Å²) >= 11 is 4.55. The molecule has 2 aromatic carbocycles. The van der Waals surface area contributed by atoms with E-state index in [0.29, 0.717) is 45.1 Å². The second kappa shape index (κ2) is 19.4. The summed E-state index contributed by atoms with van der Waals surface area (Å²) in [5.41, 5.74) is 2.35. The molecule has 0 heterocycles. The van der Waals surface area contributed by atoms with Gasteiger partial charge in [-0.1, -0.05) is 24.3 Å². The first kappa shape index (κ1) is 35.4. The minimum atomic E-state index is -1.38. The molecule has 3 amide bonds. The van der Waals surface area contributed by atoms with E-state index in [-0.39, 0.29) is 12.3 Å². The van der Waals surface area contributed by atoms with E-state index in [1.807, 2.05) is 0 Å². The van der Waals surface area contributed by atoms with E-state index in [9.17, 15) is 24.0 Å². The van der Waals surface area contributed by atoms with Gasteiger partial charge in [-0.25, -0.2) is 9.59 Å². The van der Waals surface area contributed by atoms with Gasteiger partial charge < -0.3 is 31.0 Å². The third kappa shape index (κ3) is 14.9. The Balaban J connectivity index is 1.74. The highest BCUT2D eigenvalue weighted by Crippen LogP contribution is 2.14. The Hall–Kier alpha value is -2.79. The summed E-state index contributed by atoms with van der Waals surface area (Å²) in [5.74, 6) is -2.61. The van der Waals surface area contributed by atoms with Crippen LogP contribution in [0, 0.1) is 7.14 Å². The molecule has 5 N–H and O–H groups in total. The molecule has 0 aliphatic rings. The van der Waals surface area contributed by atoms with Crippen molar-refractivity contribution in [1.82, 2.24) is 20.9 Å². The van der Waals surface area contributed by atoms with Crippen LogP contribution in [0.1, 0.15) is 49.7 Å². The van der Waals surface area contributed by atoms with Crippen LogP contribution >= 0.6 is 45.2 Å². The van der Waals surface area contributed by atoms with Crippen LogP contribution in [0.2, 0.25) is 0 Å². The molecule has 2 atom stereocenters. The topological polar surface area (TPSA) is 165 Å². The lowest BCUT2D eigenvalue weighted by molar-refractivity contribution is -0.140. The molecule has 0 bridgehead atoms. The Morgan fingerprint density at radius 1 is 0.810 bits per heavy atom. The number of carboxylic acid groups (broad SMARTS) is 2. The van der Waals surface area contributed by atoms with Crippen molar-refractivity contribution in [3.05, 3.63) is 66.8 Å². The van der Waals surface area contributed by atoms with Gasteiger partial charge in [0.2, 0.25) is 5.91 Å². The molecule has 0 saturated carbocycles. The average Bonchev–Trinajstić information content (AvgIpc) is 2.95. The van der Waals surface area contributed by atoms with Crippen molar-refractivity contribution in [1.29, 1.82) is 0 Å². The number of unbranched alkanes of at least 4 members (excludes halogenated alkanes) is 1. The van der Waals surface area contributed by atoms with Crippen molar-refractivity contribution >= 4 is 75.3 Å². The first-order valence-electron chi connectivity index (χ1n) is 13.5. The number of carbonyl (C=O) groups excluding carboxylic acids is 3. The van der Waals surface area contributed by atoms with Crippen molar-refractivity contribution in [2.45, 2.75) is 63.7 Å². The Morgan fingerprint density at radius 3 is 1.88 bits per heavy atom. The quantitative estimate of drug-likeness (QED) is 0.0815. The van der Waals surface area contributed by atoms with Crippen molar-refractivity contribution in [2.75, 3.05) is 13.1 Å². The van der Waals surface area contributed by atoms with Crippen molar-refractivity contribution < 1.29 is 34.2 Å². The molecule has 0 radical (unpaired) electrons. The van der Waals surface area contributed by atoms with Crippen LogP contribution in [-0.2, 0) is 32.3 Å². The van der Waals surface area contributed by atoms with Gasteiger partial charge in [0.15, 0.2) is 0 Å². The predicted octanol–water partition coefficient (Wildman–Crippen LogP) is 3.76. The van der Waals surface area contributed by atoms with Crippen molar-refractivity contribution in [3.63, 3.8) is 0 Å². The van der Waals surface area contributed by atoms with Gasteiger partial charge in [-0.05, 0) is 106 Å². The number of nitrogens with one attached hydrogen (secondary N) is 3. The molecule has 2 aromatic rings. The Morgan fingerprint density at radius 2 is 1.38 bits per heavy atom. The van der Waals surface area contributed by atoms with Gasteiger partial charge in [0, 0.05) is 46.2 Å². The summed E-state index contributed by atoms with van der Waals surface area (Å²) in [4.78, 5) is 60.2. The summed E-state index contributed by atoms with van der Waals surface area (Å²) in [7, 11) is 0. The molecule has 0 aliphatic carbocycles. The molecule has 13 heteroatoms. The van der Waals surface area contributed by atoms with Crippen LogP contribution in [0.15, 0.2) is 48.5 Å². The largest absolute Gasteiger partial charge is 0.481 e. The summed E-state index contributed by atoms with van der Waals surface area (Å²) in [5, 5.41) is 25.3. The fraction of sp³-hybridized carbons (Fsp3) is 0.414. The van der Waals surface area contributed by atoms with Crippen LogP contribution in [0.5, 0.6) is 0 Å². The Labute approximate surface area is 272 Å². The van der Waals surface area contributed by atoms with Crippen LogP contribution in [0.4, 0.5) is 4.79 Å². The molecule has 0 aromatic heterocycles. The lowest BCUT2D eigenvalue weighted by Gasteiger charge is -2.22. The van der Waals surface area contributed by atoms with Gasteiger partial charge >= 0.3 is 18.0 Å². The van der Waals surface area contributed by atoms with Gasteiger partial charge in [0.05, 0.1) is 6.04 Å². The van der Waals surface area contributed by atoms with Gasteiger partial charge in [-0.3, -0.25) is 14.5 Å². The number of aldehydes is 1. The lowest BCUT2D eigenvalue weighted by atomic mass is 10.1. The average molecular weight is 806 g/mol. The number of carboxylic acids is 2. The van der Waals surface area contributed by atoms with Crippen molar-refractivity contribution in [2.24, 2.45) is 0 Å². The normalized spacial score (nSPS) is 12.3. The second-order valence-electron chi connectivity index (χ2n) is 9.74. The number of benzene rings is 2. The molecule has 2 rings (SSSR count). The maximum absolute atomic E-state index is 12.5. The Bertz CT molecular complexity index is 1130. The number of hydrogen-bond acceptors (Lipinski definition) is 6. The maximum Gasteiger partial charge on any atom is 0.326 e. The van der Waals surface area contributed by atoms with E-state index in [1.165, 1.54) is 18.3 Å². The number of hydrogen-bond donors (Lipinski definition) is 5. The third-order valence-electron chi connectivity index (χ3n) is 6.29. The SMILES string of the molecule is O=C[C@H](CCCCNC(=O)CCN(Cc1ccc(I)cc1)Cc1ccc(I)cc1)NC(=O)N[C@@H](CCC(=O)O)C(=O)O. The van der Waals surface area contributed by atoms with E-state index >= 15 is 0 Å². The van der Waals surface area contributed by atoms with Gasteiger partial charge in [0.1, 0.15) is 12.3 Å². The molecule has 42 heavy (non-hydrogen) atoms. The molecule has 0 unspecified atom stereocenters. The monoisotopic (exact) mass is 806 g/mol. The van der Waals surface area contributed by atoms with Crippen molar-refractivity contribution in [3.8, 4) is 0 Å². The maximum atomic E-state index is 12.5. The molecule has 0 spiro atoms. The van der Waals surface area contributed by atoms with Crippen LogP contribution in [0.25, 0.3) is 0 Å². The highest BCUT2D eigenvalue weighted by atomic mass is 127. The molecular weight excluding hydrogens is 770 g/mol. The Kier molecular flexibility index (Phi) is 16.4. The number of halogens is 2. The second-order valence-corrected chi connectivity index (χ2v) is 12.2. The third-order valence-corrected chi connectivity index (χ3v) is 7.73. The van der Waals surface area contributed by atoms with Crippen LogP contribution < -0.4 is 16.0 Å². The van der Waals surface area contributed by atoms with Gasteiger partial charge in [0.25, 0.3) is 0 Å². The highest BCUT2D eigenvalue weighted by molar-refractivity contribution is 14.1. The molecule has 11 nitrogen and oxygen atoms in total. The van der Waals surface area contributed by atoms with Crippen LogP contribution in [0.3, 0.4) is 0 Å². The predicted molar refractivity (Wildman–Crippen MR) is 174 cm³/mol. The number of aliphatic carboxylic acids is 2. The van der Waals surface area contributed by atoms with E-state index in [4.69, 9.17) is 10.2 Å². The van der Waals surface area contributed by atoms with E-state index in [1.54, 1.807) is 0 Å². The zero-order chi connectivity index (χ0) is 30.9. The molecular formula is C29H36I2N4O7. The van der Waals surface area contributed by atoms with E-state index < -0.39 is 36.5 Å². The highest BCUT2D eigenvalue weighted by Gasteiger charge is 2.22. The summed E-state index contributed by atoms with van der Waals surface area (Å²) in [6.07, 6.45) is 1.62. The zero-order valence-electron chi connectivity index (χ0n) is 23.1. The molecule has 228 valence electrons. The minimum absolute atomic E-state index is 0.0734. The number of urea groups is 1. The lowest BCUT2D eigenvalue weighted by Crippen LogP contribution is -2.49. The van der Waals surface area contributed by atoms with E-state index in [2.05, 4.69) is 115 Å². The fourth-order valence-electron chi connectivity index (χ4n) is 4.04. The summed E-state index contributed by atoms with van der Waals surface area (Å²) < 4.78 is 2.33. The van der Waals surface area contributed by atoms with Crippen LogP contribution in [-0.4, -0.2) is 70.4 Å². The van der Waals surface area contributed by atoms with Gasteiger partial charge in [-0.15, -0.1) is 0 Å². The number of amides is 3. The zero-order valence-corrected chi connectivity index (χ0v) is 27.4. The summed E-state index contributed by atoms with van der Waals surface area (Å²) in [6.45, 7) is 2.44. The number of rotatable bonds is 19. The number of nitrogens with zero attached hydrogens (tertiary/aromatic N) is 1. The smallest absolute Gasteiger partial charge is 0.326 e. The standard InChI is InChI=1S/C29H36I2N4O7/c30-22-8-4-20(5-9-22)17-35(18-21-6-10-23(31)11-7-21)16-14-26(37)32-15-2-1-3-24(19-36)33-29(42)34-25(28(40)41)12-13-27(38)39/h4-11,19,24-25H,1-3,12-18H2,(H,32,37)(H,38,39)(H,40,41)(H2,33,34,42)/t24-,25-/m0/s1.